The van der Waals surface area contributed by atoms with Gasteiger partial charge in [0, 0.05) is 11.4 Å². The first-order chi connectivity index (χ1) is 5.96. The molecule has 0 saturated heterocycles. The molecule has 0 aliphatic heterocycles. The molecular formula is C9H7CmF4-. The largest absolute Gasteiger partial charge is 0.407 e. The fourth-order valence-electron chi connectivity index (χ4n) is 0.992. The van der Waals surface area contributed by atoms with E-state index in [-0.39, 0.29) is 5.56 Å². The summed E-state index contributed by atoms with van der Waals surface area (Å²) in [5.74, 6) is -1.21. The second-order valence-corrected chi connectivity index (χ2v) is 2.50. The Hall–Kier alpha value is -2.19. The number of alkyl halides is 3. The third-order valence-electron chi connectivity index (χ3n) is 1.64. The van der Waals surface area contributed by atoms with Crippen LogP contribution in [0.1, 0.15) is 18.1 Å². The molecule has 0 fully saturated rings. The zero-order valence-corrected chi connectivity index (χ0v) is 10.1. The Morgan fingerprint density at radius 3 is 2.21 bits per heavy atom. The van der Waals surface area contributed by atoms with Crippen molar-refractivity contribution in [3.05, 3.63) is 41.6 Å². The molecule has 0 radical (unpaired) electrons. The van der Waals surface area contributed by atoms with E-state index >= 15 is 0 Å². The molecule has 80 valence electrons. The summed E-state index contributed by atoms with van der Waals surface area (Å²) in [5, 5.41) is 0. The van der Waals surface area contributed by atoms with Gasteiger partial charge in [0.25, 0.3) is 0 Å². The summed E-state index contributed by atoms with van der Waals surface area (Å²) in [6.45, 7) is 1.48. The van der Waals surface area contributed by atoms with Crippen LogP contribution in [0.3, 0.4) is 0 Å². The Morgan fingerprint density at radius 1 is 1.21 bits per heavy atom. The second-order valence-electron chi connectivity index (χ2n) is 2.50. The molecule has 1 aromatic carbocycles. The molecule has 0 N–H and O–H groups in total. The molecule has 0 nitrogen and oxygen atoms in total. The molecule has 5 heteroatoms. The van der Waals surface area contributed by atoms with E-state index in [1.165, 1.54) is 25.5 Å². The van der Waals surface area contributed by atoms with Crippen molar-refractivity contribution in [2.45, 2.75) is 13.1 Å². The van der Waals surface area contributed by atoms with Crippen LogP contribution in [-0.2, 0) is 6.18 Å². The number of hydrogen-bond acceptors (Lipinski definition) is 0. The third-order valence-corrected chi connectivity index (χ3v) is 1.64. The molecule has 0 aliphatic rings. The topological polar surface area (TPSA) is 0 Å². The van der Waals surface area contributed by atoms with Gasteiger partial charge >= 0.3 is 6.18 Å². The van der Waals surface area contributed by atoms with Gasteiger partial charge in [-0.15, -0.1) is 6.07 Å². The molecular weight excluding hydrogens is 431 g/mol. The van der Waals surface area contributed by atoms with Crippen LogP contribution >= 0.6 is 0 Å². The van der Waals surface area contributed by atoms with E-state index in [2.05, 4.69) is 0 Å². The van der Waals surface area contributed by atoms with Crippen LogP contribution in [0.2, 0.25) is 0 Å². The first-order valence-corrected chi connectivity index (χ1v) is 3.62. The second kappa shape index (κ2) is 3.68. The minimum absolute atomic E-state index is 0. The molecule has 0 bridgehead atoms. The molecule has 0 unspecified atom stereocenters. The van der Waals surface area contributed by atoms with Gasteiger partial charge in [0.15, 0.2) is 0 Å². The van der Waals surface area contributed by atoms with Crippen molar-refractivity contribution in [1.82, 2.24) is 0 Å². The predicted molar refractivity (Wildman–Crippen MR) is 40.5 cm³/mol. The van der Waals surface area contributed by atoms with Crippen molar-refractivity contribution >= 4 is 0 Å². The molecule has 0 aromatic heterocycles. The Balaban J connectivity index is 0.00000169. The third kappa shape index (κ3) is 1.94. The molecule has 1 rings (SSSR count). The molecule has 0 saturated carbocycles. The van der Waals surface area contributed by atoms with Crippen LogP contribution in [0, 0.1) is 12.2 Å². The maximum absolute atomic E-state index is 13.0. The van der Waals surface area contributed by atoms with Gasteiger partial charge in [-0.3, -0.25) is 4.39 Å². The van der Waals surface area contributed by atoms with Gasteiger partial charge in [-0.25, -0.2) is 0 Å². The van der Waals surface area contributed by atoms with Gasteiger partial charge in [-0.05, 0) is 0 Å². The van der Waals surface area contributed by atoms with E-state index in [9.17, 15) is 17.6 Å². The SMILES string of the molecule is C[CH-]c1cccc(C(F)(F)F)c1F.[Cm]. The van der Waals surface area contributed by atoms with Crippen molar-refractivity contribution in [2.75, 3.05) is 0 Å². The van der Waals surface area contributed by atoms with E-state index < -0.39 is 17.6 Å². The number of benzene rings is 1. The number of hydrogen-bond donors (Lipinski definition) is 0. The zero-order chi connectivity index (χ0) is 10.1. The smallest absolute Gasteiger partial charge is 0.283 e. The van der Waals surface area contributed by atoms with Crippen LogP contribution in [0.15, 0.2) is 18.2 Å². The van der Waals surface area contributed by atoms with Crippen LogP contribution in [-0.4, -0.2) is 0 Å². The van der Waals surface area contributed by atoms with Gasteiger partial charge in [0.05, 0.1) is 0 Å². The molecule has 0 amide bonds. The zero-order valence-electron chi connectivity index (χ0n) is 7.17. The van der Waals surface area contributed by atoms with E-state index in [0.29, 0.717) is 0 Å². The number of halogens is 4. The Bertz CT molecular complexity index is 306. The first-order valence-electron chi connectivity index (χ1n) is 3.62. The van der Waals surface area contributed by atoms with Crippen LogP contribution in [0.25, 0.3) is 0 Å². The van der Waals surface area contributed by atoms with E-state index in [1.54, 1.807) is 0 Å². The molecule has 0 atom stereocenters. The summed E-state index contributed by atoms with van der Waals surface area (Å²) in [6.07, 6.45) is -3.33. The summed E-state index contributed by atoms with van der Waals surface area (Å²) < 4.78 is 49.4. The van der Waals surface area contributed by atoms with Gasteiger partial charge < -0.3 is 0 Å². The molecule has 0 heterocycles. The predicted octanol–water partition coefficient (Wildman–Crippen LogP) is 3.42. The van der Waals surface area contributed by atoms with Crippen molar-refractivity contribution in [3.8, 4) is 0 Å². The molecule has 1 aromatic rings. The Morgan fingerprint density at radius 2 is 1.79 bits per heavy atom. The van der Waals surface area contributed by atoms with E-state index in [1.807, 2.05) is 0 Å². The average molecular weight is 438 g/mol. The number of rotatable bonds is 1. The van der Waals surface area contributed by atoms with Crippen molar-refractivity contribution in [2.24, 2.45) is 0 Å². The Kier molecular flexibility index (Phi) is 3.11. The van der Waals surface area contributed by atoms with Crippen LogP contribution in [0.4, 0.5) is 17.6 Å². The minimum Gasteiger partial charge on any atom is -0.283 e. The molecule has 0 spiro atoms. The summed E-state index contributed by atoms with van der Waals surface area (Å²) in [4.78, 5) is 0. The van der Waals surface area contributed by atoms with Gasteiger partial charge in [0.2, 0.25) is 0 Å². The van der Waals surface area contributed by atoms with E-state index in [0.717, 1.165) is 6.07 Å². The molecule has 14 heavy (non-hydrogen) atoms. The maximum atomic E-state index is 13.0. The fourth-order valence-corrected chi connectivity index (χ4v) is 0.992. The standard InChI is InChI=1S/C9H7F4.Cm/c1-2-6-4-3-5-7(8(6)10)9(11,12)13;/h2-5H,1H3;/q-1;. The Labute approximate surface area is 73.2 Å². The van der Waals surface area contributed by atoms with Crippen LogP contribution in [0.5, 0.6) is 0 Å². The monoisotopic (exact) mass is 434 g/mol. The van der Waals surface area contributed by atoms with Crippen molar-refractivity contribution in [1.29, 1.82) is 0 Å². The summed E-state index contributed by atoms with van der Waals surface area (Å²) in [7, 11) is 0. The average Bonchev–Trinajstić information content (AvgIpc) is 2.02. The quantitative estimate of drug-likeness (QED) is 0.466. The first kappa shape index (κ1) is 11.8. The van der Waals surface area contributed by atoms with Crippen molar-refractivity contribution < 1.29 is 17.6 Å². The minimum atomic E-state index is -4.62. The normalized spacial score (nSPS) is 10.6. The maximum Gasteiger partial charge on any atom is 0.407 e. The summed E-state index contributed by atoms with van der Waals surface area (Å²) >= 11 is 0. The van der Waals surface area contributed by atoms with Gasteiger partial charge in [0.1, 0.15) is 0 Å². The fraction of sp³-hybridized carbons (Fsp3) is 0.222. The molecule has 0 aliphatic carbocycles. The summed E-state index contributed by atoms with van der Waals surface area (Å²) in [5.41, 5.74) is -1.25. The van der Waals surface area contributed by atoms with E-state index in [4.69, 9.17) is 0 Å². The van der Waals surface area contributed by atoms with Crippen molar-refractivity contribution in [3.63, 3.8) is 0 Å². The van der Waals surface area contributed by atoms with Crippen LogP contribution < -0.4 is 0 Å². The van der Waals surface area contributed by atoms with Gasteiger partial charge in [-0.1, -0.05) is 13.0 Å². The van der Waals surface area contributed by atoms with Gasteiger partial charge in [-0.2, -0.15) is 31.2 Å². The summed E-state index contributed by atoms with van der Waals surface area (Å²) in [6, 6.07) is 3.20.